The molecule has 1 aliphatic rings. The van der Waals surface area contributed by atoms with Gasteiger partial charge in [0.25, 0.3) is 0 Å². The third-order valence-electron chi connectivity index (χ3n) is 1.74. The summed E-state index contributed by atoms with van der Waals surface area (Å²) in [7, 11) is 0. The number of aliphatic imine (C=N–C) groups is 1. The molecule has 0 radical (unpaired) electrons. The van der Waals surface area contributed by atoms with Gasteiger partial charge in [0.2, 0.25) is 0 Å². The second-order valence-electron chi connectivity index (χ2n) is 2.72. The number of rotatable bonds is 2. The number of hydrogen-bond acceptors (Lipinski definition) is 6. The molecule has 0 bridgehead atoms. The molecule has 5 nitrogen and oxygen atoms in total. The molecule has 6 heteroatoms. The van der Waals surface area contributed by atoms with Crippen LogP contribution in [-0.2, 0) is 10.5 Å². The fraction of sp³-hybridized carbons (Fsp3) is 0.286. The van der Waals surface area contributed by atoms with Crippen molar-refractivity contribution in [1.82, 2.24) is 10.5 Å². The van der Waals surface area contributed by atoms with Crippen molar-refractivity contribution in [2.45, 2.75) is 12.6 Å². The highest BCUT2D eigenvalue weighted by atomic mass is 32.1. The summed E-state index contributed by atoms with van der Waals surface area (Å²) < 4.78 is 0. The first kappa shape index (κ1) is 8.33. The van der Waals surface area contributed by atoms with Gasteiger partial charge in [-0.25, -0.2) is 9.98 Å². The predicted molar refractivity (Wildman–Crippen MR) is 47.6 cm³/mol. The van der Waals surface area contributed by atoms with Crippen LogP contribution in [0.2, 0.25) is 0 Å². The maximum atomic E-state index is 10.4. The number of nitrogens with one attached hydrogen (secondary N) is 1. The molecule has 13 heavy (non-hydrogen) atoms. The van der Waals surface area contributed by atoms with E-state index in [1.54, 1.807) is 5.38 Å². The Hall–Kier alpha value is -1.27. The molecular formula is C7H7N3O2S. The third kappa shape index (κ3) is 1.34. The molecule has 68 valence electrons. The van der Waals surface area contributed by atoms with Crippen molar-refractivity contribution in [2.75, 3.05) is 0 Å². The SMILES string of the molecule is CC1(c2csc(C=O)n2)N=CON1. The molecule has 2 heterocycles. The zero-order valence-corrected chi connectivity index (χ0v) is 7.67. The van der Waals surface area contributed by atoms with E-state index in [2.05, 4.69) is 15.5 Å². The van der Waals surface area contributed by atoms with E-state index in [9.17, 15) is 4.79 Å². The van der Waals surface area contributed by atoms with Crippen molar-refractivity contribution in [2.24, 2.45) is 4.99 Å². The Morgan fingerprint density at radius 2 is 2.62 bits per heavy atom. The van der Waals surface area contributed by atoms with Crippen molar-refractivity contribution in [1.29, 1.82) is 0 Å². The summed E-state index contributed by atoms with van der Waals surface area (Å²) in [6.45, 7) is 1.82. The largest absolute Gasteiger partial charge is 0.394 e. The van der Waals surface area contributed by atoms with Gasteiger partial charge in [0.1, 0.15) is 0 Å². The second kappa shape index (κ2) is 2.90. The van der Waals surface area contributed by atoms with Gasteiger partial charge in [0.05, 0.1) is 5.69 Å². The van der Waals surface area contributed by atoms with Crippen molar-refractivity contribution in [3.8, 4) is 0 Å². The Morgan fingerprint density at radius 1 is 1.77 bits per heavy atom. The lowest BCUT2D eigenvalue weighted by molar-refractivity contribution is 0.112. The first-order valence-electron chi connectivity index (χ1n) is 3.62. The molecule has 0 spiro atoms. The third-order valence-corrected chi connectivity index (χ3v) is 2.51. The number of hydrogen-bond donors (Lipinski definition) is 1. The average molecular weight is 197 g/mol. The van der Waals surface area contributed by atoms with Crippen molar-refractivity contribution < 1.29 is 9.63 Å². The van der Waals surface area contributed by atoms with Crippen LogP contribution in [0.15, 0.2) is 10.4 Å². The van der Waals surface area contributed by atoms with Gasteiger partial charge >= 0.3 is 0 Å². The van der Waals surface area contributed by atoms with E-state index in [4.69, 9.17) is 4.84 Å². The van der Waals surface area contributed by atoms with Crippen LogP contribution in [0.1, 0.15) is 22.4 Å². The molecule has 2 rings (SSSR count). The minimum atomic E-state index is -0.655. The molecule has 1 N–H and O–H groups in total. The Kier molecular flexibility index (Phi) is 1.86. The van der Waals surface area contributed by atoms with E-state index in [1.807, 2.05) is 6.92 Å². The Labute approximate surface area is 78.4 Å². The van der Waals surface area contributed by atoms with Crippen LogP contribution >= 0.6 is 11.3 Å². The molecule has 1 aliphatic heterocycles. The zero-order chi connectivity index (χ0) is 9.31. The number of nitrogens with zero attached hydrogens (tertiary/aromatic N) is 2. The highest BCUT2D eigenvalue weighted by molar-refractivity contribution is 7.11. The molecule has 0 amide bonds. The van der Waals surface area contributed by atoms with Crippen LogP contribution < -0.4 is 5.48 Å². The van der Waals surface area contributed by atoms with E-state index in [0.29, 0.717) is 10.7 Å². The van der Waals surface area contributed by atoms with E-state index < -0.39 is 5.66 Å². The lowest BCUT2D eigenvalue weighted by Gasteiger charge is -2.15. The van der Waals surface area contributed by atoms with Crippen molar-refractivity contribution in [3.05, 3.63) is 16.1 Å². The summed E-state index contributed by atoms with van der Waals surface area (Å²) in [6, 6.07) is 0. The minimum Gasteiger partial charge on any atom is -0.394 e. The minimum absolute atomic E-state index is 0.445. The Balaban J connectivity index is 2.34. The monoisotopic (exact) mass is 197 g/mol. The number of hydroxylamine groups is 1. The number of aromatic nitrogens is 1. The van der Waals surface area contributed by atoms with E-state index in [-0.39, 0.29) is 0 Å². The normalized spacial score (nSPS) is 25.9. The number of carbonyl (C=O) groups excluding carboxylic acids is 1. The van der Waals surface area contributed by atoms with Gasteiger partial charge in [-0.05, 0) is 6.92 Å². The molecule has 1 aromatic heterocycles. The van der Waals surface area contributed by atoms with Gasteiger partial charge in [0.15, 0.2) is 23.4 Å². The van der Waals surface area contributed by atoms with Crippen LogP contribution in [0.5, 0.6) is 0 Å². The molecule has 0 aromatic carbocycles. The van der Waals surface area contributed by atoms with Gasteiger partial charge in [-0.2, -0.15) is 0 Å². The first-order valence-corrected chi connectivity index (χ1v) is 4.50. The Morgan fingerprint density at radius 3 is 3.15 bits per heavy atom. The standard InChI is InChI=1S/C7H7N3O2S/c1-7(8-4-12-10-7)5-3-13-6(2-11)9-5/h2-4,10H,1H3. The second-order valence-corrected chi connectivity index (χ2v) is 3.61. The summed E-state index contributed by atoms with van der Waals surface area (Å²) >= 11 is 1.29. The molecule has 1 aromatic rings. The summed E-state index contributed by atoms with van der Waals surface area (Å²) in [5.41, 5.74) is 2.73. The zero-order valence-electron chi connectivity index (χ0n) is 6.85. The summed E-state index contributed by atoms with van der Waals surface area (Å²) in [6.07, 6.45) is 2.04. The van der Waals surface area contributed by atoms with Gasteiger partial charge in [-0.1, -0.05) is 0 Å². The van der Waals surface area contributed by atoms with Crippen molar-refractivity contribution in [3.63, 3.8) is 0 Å². The predicted octanol–water partition coefficient (Wildman–Crippen LogP) is 0.691. The smallest absolute Gasteiger partial charge is 0.198 e. The molecule has 1 unspecified atom stereocenters. The summed E-state index contributed by atoms with van der Waals surface area (Å²) in [5.74, 6) is 0. The Bertz CT molecular complexity index is 362. The molecule has 0 saturated heterocycles. The fourth-order valence-corrected chi connectivity index (χ4v) is 1.70. The lowest BCUT2D eigenvalue weighted by atomic mass is 10.2. The van der Waals surface area contributed by atoms with Crippen LogP contribution in [0.4, 0.5) is 0 Å². The van der Waals surface area contributed by atoms with Crippen molar-refractivity contribution >= 4 is 24.0 Å². The van der Waals surface area contributed by atoms with E-state index >= 15 is 0 Å². The van der Waals surface area contributed by atoms with Crippen LogP contribution in [0.25, 0.3) is 0 Å². The summed E-state index contributed by atoms with van der Waals surface area (Å²) in [5, 5.41) is 2.23. The highest BCUT2D eigenvalue weighted by Crippen LogP contribution is 2.25. The van der Waals surface area contributed by atoms with Gasteiger partial charge in [-0.15, -0.1) is 16.8 Å². The number of thiazole rings is 1. The van der Waals surface area contributed by atoms with E-state index in [0.717, 1.165) is 6.29 Å². The van der Waals surface area contributed by atoms with Crippen LogP contribution in [-0.4, -0.2) is 17.7 Å². The van der Waals surface area contributed by atoms with Crippen LogP contribution in [0.3, 0.4) is 0 Å². The topological polar surface area (TPSA) is 63.6 Å². The van der Waals surface area contributed by atoms with E-state index in [1.165, 1.54) is 17.7 Å². The van der Waals surface area contributed by atoms with Crippen LogP contribution in [0, 0.1) is 0 Å². The molecule has 0 fully saturated rings. The molecule has 1 atom stereocenters. The quantitative estimate of drug-likeness (QED) is 0.708. The number of carbonyl (C=O) groups is 1. The molecule has 0 saturated carbocycles. The lowest BCUT2D eigenvalue weighted by Crippen LogP contribution is -2.32. The highest BCUT2D eigenvalue weighted by Gasteiger charge is 2.32. The fourth-order valence-electron chi connectivity index (χ4n) is 0.983. The number of aldehydes is 1. The van der Waals surface area contributed by atoms with Gasteiger partial charge in [0, 0.05) is 5.38 Å². The average Bonchev–Trinajstić information content (AvgIpc) is 2.72. The first-order chi connectivity index (χ1) is 6.24. The van der Waals surface area contributed by atoms with Gasteiger partial charge in [-0.3, -0.25) is 4.79 Å². The maximum Gasteiger partial charge on any atom is 0.198 e. The van der Waals surface area contributed by atoms with Gasteiger partial charge < -0.3 is 4.84 Å². The summed E-state index contributed by atoms with van der Waals surface area (Å²) in [4.78, 5) is 23.3. The maximum absolute atomic E-state index is 10.4. The molecule has 0 aliphatic carbocycles. The molecular weight excluding hydrogens is 190 g/mol.